The van der Waals surface area contributed by atoms with Crippen LogP contribution in [0, 0.1) is 5.82 Å². The van der Waals surface area contributed by atoms with Gasteiger partial charge in [0.2, 0.25) is 11.8 Å². The molecule has 0 radical (unpaired) electrons. The lowest BCUT2D eigenvalue weighted by Gasteiger charge is -2.33. The van der Waals surface area contributed by atoms with E-state index >= 15 is 0 Å². The quantitative estimate of drug-likeness (QED) is 0.912. The summed E-state index contributed by atoms with van der Waals surface area (Å²) in [6.45, 7) is 2.19. The molecule has 2 fully saturated rings. The molecule has 24 heavy (non-hydrogen) atoms. The summed E-state index contributed by atoms with van der Waals surface area (Å²) in [5, 5.41) is 2.62. The van der Waals surface area contributed by atoms with Crippen molar-refractivity contribution in [2.24, 2.45) is 0 Å². The van der Waals surface area contributed by atoms with E-state index in [1.54, 1.807) is 25.2 Å². The fourth-order valence-corrected chi connectivity index (χ4v) is 3.82. The average Bonchev–Trinajstić information content (AvgIpc) is 3.28. The van der Waals surface area contributed by atoms with Crippen molar-refractivity contribution in [2.45, 2.75) is 37.8 Å². The summed E-state index contributed by atoms with van der Waals surface area (Å²) < 4.78 is 14.3. The molecule has 1 aromatic carbocycles. The standard InChI is InChI=1S/C18H24FN3O2/c1-20-17(23)16(13-7-2-3-8-14(13)19)22-12-6-9-15(22)18(24)21-10-4-5-11-21/h2-3,7-8,15-16H,4-6,9-12H2,1H3,(H,20,23)/t15-,16+/m0/s1. The van der Waals surface area contributed by atoms with Crippen molar-refractivity contribution >= 4 is 11.8 Å². The Morgan fingerprint density at radius 1 is 1.17 bits per heavy atom. The topological polar surface area (TPSA) is 52.7 Å². The minimum Gasteiger partial charge on any atom is -0.358 e. The van der Waals surface area contributed by atoms with Crippen LogP contribution < -0.4 is 5.32 Å². The van der Waals surface area contributed by atoms with E-state index in [1.165, 1.54) is 6.07 Å². The summed E-state index contributed by atoms with van der Waals surface area (Å²) in [6.07, 6.45) is 3.62. The Morgan fingerprint density at radius 2 is 1.88 bits per heavy atom. The number of carbonyl (C=O) groups excluding carboxylic acids is 2. The van der Waals surface area contributed by atoms with Crippen molar-refractivity contribution in [1.29, 1.82) is 0 Å². The lowest BCUT2D eigenvalue weighted by molar-refractivity contribution is -0.137. The van der Waals surface area contributed by atoms with E-state index in [0.717, 1.165) is 38.8 Å². The van der Waals surface area contributed by atoms with E-state index in [1.807, 2.05) is 9.80 Å². The van der Waals surface area contributed by atoms with Crippen LogP contribution in [0.5, 0.6) is 0 Å². The highest BCUT2D eigenvalue weighted by Gasteiger charge is 2.41. The zero-order valence-corrected chi connectivity index (χ0v) is 14.0. The monoisotopic (exact) mass is 333 g/mol. The number of likely N-dealkylation sites (tertiary alicyclic amines) is 2. The lowest BCUT2D eigenvalue weighted by Crippen LogP contribution is -2.49. The van der Waals surface area contributed by atoms with Gasteiger partial charge in [0.15, 0.2) is 0 Å². The Balaban J connectivity index is 1.90. The molecule has 2 saturated heterocycles. The van der Waals surface area contributed by atoms with E-state index < -0.39 is 11.9 Å². The molecule has 5 nitrogen and oxygen atoms in total. The van der Waals surface area contributed by atoms with E-state index in [2.05, 4.69) is 5.32 Å². The molecule has 2 aliphatic heterocycles. The molecule has 1 aromatic rings. The van der Waals surface area contributed by atoms with Gasteiger partial charge in [0, 0.05) is 32.2 Å². The molecule has 0 spiro atoms. The van der Waals surface area contributed by atoms with Gasteiger partial charge in [0.25, 0.3) is 0 Å². The summed E-state index contributed by atoms with van der Waals surface area (Å²) in [5.74, 6) is -0.609. The van der Waals surface area contributed by atoms with Crippen LogP contribution >= 0.6 is 0 Å². The number of halogens is 1. The summed E-state index contributed by atoms with van der Waals surface area (Å²) in [4.78, 5) is 29.1. The molecule has 6 heteroatoms. The third-order valence-electron chi connectivity index (χ3n) is 5.02. The van der Waals surface area contributed by atoms with Crippen LogP contribution in [-0.4, -0.2) is 54.3 Å². The highest BCUT2D eigenvalue weighted by atomic mass is 19.1. The fraction of sp³-hybridized carbons (Fsp3) is 0.556. The van der Waals surface area contributed by atoms with Gasteiger partial charge in [-0.3, -0.25) is 14.5 Å². The molecule has 3 rings (SSSR count). The summed E-state index contributed by atoms with van der Waals surface area (Å²) in [6, 6.07) is 5.21. The van der Waals surface area contributed by atoms with E-state index in [9.17, 15) is 14.0 Å². The third-order valence-corrected chi connectivity index (χ3v) is 5.02. The van der Waals surface area contributed by atoms with Crippen LogP contribution in [0.3, 0.4) is 0 Å². The smallest absolute Gasteiger partial charge is 0.241 e. The number of amides is 2. The van der Waals surface area contributed by atoms with Crippen molar-refractivity contribution in [3.8, 4) is 0 Å². The number of carbonyl (C=O) groups is 2. The second-order valence-corrected chi connectivity index (χ2v) is 6.47. The minimum absolute atomic E-state index is 0.0789. The van der Waals surface area contributed by atoms with Gasteiger partial charge in [-0.25, -0.2) is 4.39 Å². The van der Waals surface area contributed by atoms with Crippen LogP contribution in [0.15, 0.2) is 24.3 Å². The van der Waals surface area contributed by atoms with E-state index in [0.29, 0.717) is 12.1 Å². The second-order valence-electron chi connectivity index (χ2n) is 6.47. The maximum Gasteiger partial charge on any atom is 0.241 e. The molecule has 2 amide bonds. The van der Waals surface area contributed by atoms with Crippen molar-refractivity contribution in [1.82, 2.24) is 15.1 Å². The van der Waals surface area contributed by atoms with Crippen molar-refractivity contribution in [3.05, 3.63) is 35.6 Å². The predicted molar refractivity (Wildman–Crippen MR) is 88.7 cm³/mol. The first-order valence-corrected chi connectivity index (χ1v) is 8.64. The van der Waals surface area contributed by atoms with E-state index in [-0.39, 0.29) is 17.9 Å². The minimum atomic E-state index is -0.768. The van der Waals surface area contributed by atoms with Gasteiger partial charge in [-0.05, 0) is 31.7 Å². The van der Waals surface area contributed by atoms with Crippen molar-refractivity contribution in [3.63, 3.8) is 0 Å². The summed E-state index contributed by atoms with van der Waals surface area (Å²) in [5.41, 5.74) is 0.331. The molecule has 1 N–H and O–H groups in total. The number of hydrogen-bond donors (Lipinski definition) is 1. The second kappa shape index (κ2) is 7.30. The first-order valence-electron chi connectivity index (χ1n) is 8.64. The number of rotatable bonds is 4. The van der Waals surface area contributed by atoms with Gasteiger partial charge >= 0.3 is 0 Å². The third kappa shape index (κ3) is 3.15. The van der Waals surface area contributed by atoms with Crippen LogP contribution in [0.25, 0.3) is 0 Å². The Hall–Kier alpha value is -1.95. The number of nitrogens with zero attached hydrogens (tertiary/aromatic N) is 2. The molecule has 2 heterocycles. The van der Waals surface area contributed by atoms with Gasteiger partial charge in [0.1, 0.15) is 11.9 Å². The van der Waals surface area contributed by atoms with Crippen LogP contribution in [-0.2, 0) is 9.59 Å². The summed E-state index contributed by atoms with van der Waals surface area (Å²) >= 11 is 0. The van der Waals surface area contributed by atoms with Gasteiger partial charge in [-0.1, -0.05) is 18.2 Å². The normalized spacial score (nSPS) is 22.6. The Labute approximate surface area is 141 Å². The van der Waals surface area contributed by atoms with Gasteiger partial charge in [0.05, 0.1) is 6.04 Å². The maximum absolute atomic E-state index is 14.3. The first kappa shape index (κ1) is 16.9. The summed E-state index contributed by atoms with van der Waals surface area (Å²) in [7, 11) is 1.55. The molecule has 0 unspecified atom stereocenters. The zero-order valence-electron chi connectivity index (χ0n) is 14.0. The van der Waals surface area contributed by atoms with Gasteiger partial charge < -0.3 is 10.2 Å². The molecule has 130 valence electrons. The SMILES string of the molecule is CNC(=O)[C@@H](c1ccccc1F)N1CCC[C@H]1C(=O)N1CCCC1. The number of nitrogens with one attached hydrogen (secondary N) is 1. The first-order chi connectivity index (χ1) is 11.6. The Bertz CT molecular complexity index is 616. The molecule has 2 aliphatic rings. The predicted octanol–water partition coefficient (Wildman–Crippen LogP) is 1.70. The van der Waals surface area contributed by atoms with Crippen molar-refractivity contribution < 1.29 is 14.0 Å². The maximum atomic E-state index is 14.3. The van der Waals surface area contributed by atoms with Gasteiger partial charge in [-0.15, -0.1) is 0 Å². The van der Waals surface area contributed by atoms with E-state index in [4.69, 9.17) is 0 Å². The zero-order chi connectivity index (χ0) is 17.1. The Morgan fingerprint density at radius 3 is 2.54 bits per heavy atom. The van der Waals surface area contributed by atoms with Crippen LogP contribution in [0.4, 0.5) is 4.39 Å². The highest BCUT2D eigenvalue weighted by Crippen LogP contribution is 2.32. The van der Waals surface area contributed by atoms with Crippen LogP contribution in [0.2, 0.25) is 0 Å². The largest absolute Gasteiger partial charge is 0.358 e. The highest BCUT2D eigenvalue weighted by molar-refractivity contribution is 5.86. The van der Waals surface area contributed by atoms with Gasteiger partial charge in [-0.2, -0.15) is 0 Å². The average molecular weight is 333 g/mol. The number of benzene rings is 1. The molecular weight excluding hydrogens is 309 g/mol. The lowest BCUT2D eigenvalue weighted by atomic mass is 10.0. The molecule has 0 bridgehead atoms. The number of likely N-dealkylation sites (N-methyl/N-ethyl adjacent to an activating group) is 1. The Kier molecular flexibility index (Phi) is 5.14. The van der Waals surface area contributed by atoms with Crippen molar-refractivity contribution in [2.75, 3.05) is 26.7 Å². The molecule has 2 atom stereocenters. The molecule has 0 aliphatic carbocycles. The molecule has 0 saturated carbocycles. The van der Waals surface area contributed by atoms with Crippen LogP contribution in [0.1, 0.15) is 37.3 Å². The molecular formula is C18H24FN3O2. The fourth-order valence-electron chi connectivity index (χ4n) is 3.82. The number of hydrogen-bond acceptors (Lipinski definition) is 3. The molecule has 0 aromatic heterocycles.